The van der Waals surface area contributed by atoms with Crippen LogP contribution < -0.4 is 15.5 Å². The summed E-state index contributed by atoms with van der Waals surface area (Å²) < 4.78 is 61.9. The first-order valence-corrected chi connectivity index (χ1v) is 17.5. The SMILES string of the molecule is CNC(=O)c1c(-c2ccc(F)cc2)oc2cc(CS(=O)(=O)NC(C)c3ccc(B4OC(C)(C)C(C)(C)O4)c(C(=O)O)c3)c(C3CC3)cc12. The third-order valence-electron chi connectivity index (χ3n) is 9.54. The van der Waals surface area contributed by atoms with Gasteiger partial charge in [-0.25, -0.2) is 22.3 Å². The van der Waals surface area contributed by atoms with E-state index in [1.807, 2.05) is 33.8 Å². The highest BCUT2D eigenvalue weighted by molar-refractivity contribution is 7.88. The molecule has 0 bridgehead atoms. The summed E-state index contributed by atoms with van der Waals surface area (Å²) in [6, 6.07) is 13.0. The lowest BCUT2D eigenvalue weighted by molar-refractivity contribution is 0.00578. The molecule has 0 radical (unpaired) electrons. The average molecular weight is 677 g/mol. The smallest absolute Gasteiger partial charge is 0.478 e. The van der Waals surface area contributed by atoms with Crippen LogP contribution in [-0.4, -0.2) is 50.8 Å². The van der Waals surface area contributed by atoms with E-state index in [0.29, 0.717) is 38.7 Å². The number of fused-ring (bicyclic) bond motifs is 1. The van der Waals surface area contributed by atoms with Crippen molar-refractivity contribution in [2.75, 3.05) is 7.05 Å². The molecular formula is C35H38BFN2O8S. The standard InChI is InChI=1S/C35H38BFN2O8S/c1-19(22-11-14-28(26(15-22)33(41)42)36-46-34(2,3)35(4,5)47-36)39-48(43,44)18-23-16-29-27(17-25(23)20-7-8-20)30(32(40)38-6)31(45-29)21-9-12-24(37)13-10-21/h9-17,19-20,39H,7-8,18H2,1-6H3,(H,38,40)(H,41,42). The molecule has 1 aromatic heterocycles. The number of carbonyl (C=O) groups excluding carboxylic acids is 1. The van der Waals surface area contributed by atoms with Gasteiger partial charge in [0.2, 0.25) is 10.0 Å². The maximum Gasteiger partial charge on any atom is 0.495 e. The highest BCUT2D eigenvalue weighted by atomic mass is 32.2. The van der Waals surface area contributed by atoms with Crippen LogP contribution in [0.4, 0.5) is 4.39 Å². The summed E-state index contributed by atoms with van der Waals surface area (Å²) in [7, 11) is -3.35. The molecule has 4 aromatic rings. The minimum atomic E-state index is -3.96. The number of carbonyl (C=O) groups is 2. The van der Waals surface area contributed by atoms with Gasteiger partial charge in [-0.2, -0.15) is 0 Å². The molecule has 3 N–H and O–H groups in total. The molecule has 10 nitrogen and oxygen atoms in total. The van der Waals surface area contributed by atoms with E-state index in [9.17, 15) is 27.5 Å². The lowest BCUT2D eigenvalue weighted by Crippen LogP contribution is -2.41. The molecule has 1 amide bonds. The molecule has 48 heavy (non-hydrogen) atoms. The molecule has 1 aliphatic carbocycles. The topological polar surface area (TPSA) is 144 Å². The van der Waals surface area contributed by atoms with Crippen molar-refractivity contribution in [1.82, 2.24) is 10.0 Å². The van der Waals surface area contributed by atoms with Gasteiger partial charge >= 0.3 is 13.1 Å². The molecule has 1 saturated heterocycles. The van der Waals surface area contributed by atoms with Crippen molar-refractivity contribution in [1.29, 1.82) is 0 Å². The van der Waals surface area contributed by atoms with E-state index in [0.717, 1.165) is 18.4 Å². The molecule has 2 aliphatic rings. The van der Waals surface area contributed by atoms with Crippen LogP contribution >= 0.6 is 0 Å². The van der Waals surface area contributed by atoms with Crippen LogP contribution in [0.1, 0.15) is 96.8 Å². The summed E-state index contributed by atoms with van der Waals surface area (Å²) in [6.07, 6.45) is 1.76. The van der Waals surface area contributed by atoms with Gasteiger partial charge in [-0.3, -0.25) is 4.79 Å². The van der Waals surface area contributed by atoms with E-state index >= 15 is 0 Å². The van der Waals surface area contributed by atoms with E-state index in [1.165, 1.54) is 37.4 Å². The maximum atomic E-state index is 13.7. The highest BCUT2D eigenvalue weighted by Gasteiger charge is 2.52. The van der Waals surface area contributed by atoms with Crippen molar-refractivity contribution < 1.29 is 41.2 Å². The Balaban J connectivity index is 1.30. The van der Waals surface area contributed by atoms with Crippen LogP contribution in [0.2, 0.25) is 0 Å². The number of aromatic carboxylic acids is 1. The fourth-order valence-electron chi connectivity index (χ4n) is 6.04. The molecule has 6 rings (SSSR count). The summed E-state index contributed by atoms with van der Waals surface area (Å²) in [5, 5.41) is 13.2. The third kappa shape index (κ3) is 6.39. The third-order valence-corrected chi connectivity index (χ3v) is 10.9. The Morgan fingerprint density at radius 1 is 1.02 bits per heavy atom. The number of halogens is 1. The van der Waals surface area contributed by atoms with Crippen LogP contribution in [0.15, 0.2) is 59.0 Å². The molecule has 2 fully saturated rings. The van der Waals surface area contributed by atoms with Gasteiger partial charge < -0.3 is 24.1 Å². The van der Waals surface area contributed by atoms with Crippen LogP contribution in [0, 0.1) is 5.82 Å². The second kappa shape index (κ2) is 12.1. The fraction of sp³-hybridized carbons (Fsp3) is 0.371. The minimum Gasteiger partial charge on any atom is -0.478 e. The molecular weight excluding hydrogens is 638 g/mol. The summed E-state index contributed by atoms with van der Waals surface area (Å²) in [5.74, 6) is -1.96. The Hall–Kier alpha value is -4.04. The van der Waals surface area contributed by atoms with Gasteiger partial charge in [-0.05, 0) is 118 Å². The van der Waals surface area contributed by atoms with Crippen LogP contribution in [-0.2, 0) is 25.1 Å². The van der Waals surface area contributed by atoms with Crippen LogP contribution in [0.3, 0.4) is 0 Å². The number of benzene rings is 3. The summed E-state index contributed by atoms with van der Waals surface area (Å²) in [6.45, 7) is 9.16. The number of furan rings is 1. The van der Waals surface area contributed by atoms with Crippen LogP contribution in [0.25, 0.3) is 22.3 Å². The first kappa shape index (κ1) is 33.9. The number of hydrogen-bond donors (Lipinski definition) is 3. The van der Waals surface area contributed by atoms with Gasteiger partial charge in [0.05, 0.1) is 28.1 Å². The molecule has 1 atom stereocenters. The van der Waals surface area contributed by atoms with Gasteiger partial charge in [-0.15, -0.1) is 0 Å². The van der Waals surface area contributed by atoms with Crippen molar-refractivity contribution in [3.8, 4) is 11.3 Å². The van der Waals surface area contributed by atoms with Crippen molar-refractivity contribution >= 4 is 45.5 Å². The minimum absolute atomic E-state index is 0.0415. The van der Waals surface area contributed by atoms with Crippen molar-refractivity contribution in [3.63, 3.8) is 0 Å². The van der Waals surface area contributed by atoms with Crippen molar-refractivity contribution in [3.05, 3.63) is 88.2 Å². The molecule has 252 valence electrons. The highest BCUT2D eigenvalue weighted by Crippen LogP contribution is 2.45. The predicted molar refractivity (Wildman–Crippen MR) is 180 cm³/mol. The zero-order valence-electron chi connectivity index (χ0n) is 27.6. The Kier molecular flexibility index (Phi) is 8.56. The molecule has 3 aromatic carbocycles. The normalized spacial score (nSPS) is 17.9. The van der Waals surface area contributed by atoms with Gasteiger partial charge in [-0.1, -0.05) is 12.1 Å². The molecule has 1 aliphatic heterocycles. The molecule has 0 spiro atoms. The zero-order chi connectivity index (χ0) is 34.8. The van der Waals surface area contributed by atoms with Crippen molar-refractivity contribution in [2.45, 2.75) is 76.4 Å². The number of sulfonamides is 1. The lowest BCUT2D eigenvalue weighted by Gasteiger charge is -2.32. The number of rotatable bonds is 10. The number of carboxylic acids is 1. The second-order valence-electron chi connectivity index (χ2n) is 13.6. The van der Waals surface area contributed by atoms with E-state index in [4.69, 9.17) is 13.7 Å². The predicted octanol–water partition coefficient (Wildman–Crippen LogP) is 5.65. The fourth-order valence-corrected chi connectivity index (χ4v) is 7.46. The first-order chi connectivity index (χ1) is 22.5. The summed E-state index contributed by atoms with van der Waals surface area (Å²) in [4.78, 5) is 25.3. The van der Waals surface area contributed by atoms with Gasteiger partial charge in [0.15, 0.2) is 0 Å². The van der Waals surface area contributed by atoms with Gasteiger partial charge in [0.1, 0.15) is 17.2 Å². The number of carboxylic acid groups (broad SMARTS) is 1. The first-order valence-electron chi connectivity index (χ1n) is 15.8. The van der Waals surface area contributed by atoms with E-state index in [-0.39, 0.29) is 28.9 Å². The monoisotopic (exact) mass is 676 g/mol. The molecule has 1 saturated carbocycles. The number of amides is 1. The largest absolute Gasteiger partial charge is 0.495 e. The van der Waals surface area contributed by atoms with Crippen molar-refractivity contribution in [2.24, 2.45) is 0 Å². The van der Waals surface area contributed by atoms with Crippen LogP contribution in [0.5, 0.6) is 0 Å². The van der Waals surface area contributed by atoms with E-state index in [1.54, 1.807) is 25.1 Å². The Bertz CT molecular complexity index is 2020. The molecule has 1 unspecified atom stereocenters. The Labute approximate surface area is 279 Å². The van der Waals surface area contributed by atoms with E-state index < -0.39 is 46.2 Å². The average Bonchev–Trinajstić information content (AvgIpc) is 3.75. The van der Waals surface area contributed by atoms with Gasteiger partial charge in [0, 0.05) is 24.0 Å². The lowest BCUT2D eigenvalue weighted by atomic mass is 9.75. The maximum absolute atomic E-state index is 13.7. The Morgan fingerprint density at radius 2 is 1.67 bits per heavy atom. The molecule has 2 heterocycles. The number of hydrogen-bond acceptors (Lipinski definition) is 7. The summed E-state index contributed by atoms with van der Waals surface area (Å²) in [5.41, 5.74) is 1.91. The van der Waals surface area contributed by atoms with Gasteiger partial charge in [0.25, 0.3) is 5.91 Å². The zero-order valence-corrected chi connectivity index (χ0v) is 28.5. The second-order valence-corrected chi connectivity index (χ2v) is 15.3. The molecule has 13 heteroatoms. The van der Waals surface area contributed by atoms with E-state index in [2.05, 4.69) is 10.0 Å². The summed E-state index contributed by atoms with van der Waals surface area (Å²) >= 11 is 0. The Morgan fingerprint density at radius 3 is 2.25 bits per heavy atom. The quantitative estimate of drug-likeness (QED) is 0.183. The number of nitrogens with one attached hydrogen (secondary N) is 2.